The van der Waals surface area contributed by atoms with Crippen LogP contribution in [0.3, 0.4) is 0 Å². The molecule has 0 atom stereocenters. The molecular weight excluding hydrogens is 396 g/mol. The average Bonchev–Trinajstić information content (AvgIpc) is 3.05. The number of aromatic hydroxyl groups is 1. The van der Waals surface area contributed by atoms with Crippen molar-refractivity contribution in [3.05, 3.63) is 70.1 Å². The summed E-state index contributed by atoms with van der Waals surface area (Å²) in [6.45, 7) is 0. The number of phenols is 1. The van der Waals surface area contributed by atoms with Crippen LogP contribution in [0.1, 0.15) is 15.2 Å². The lowest BCUT2D eigenvalue weighted by atomic mass is 10.0. The summed E-state index contributed by atoms with van der Waals surface area (Å²) in [5.41, 5.74) is 3.02. The number of fused-ring (bicyclic) bond motifs is 2. The van der Waals surface area contributed by atoms with Crippen molar-refractivity contribution < 1.29 is 14.6 Å². The first-order valence-electron chi connectivity index (χ1n) is 8.38. The smallest absolute Gasteiger partial charge is 0.283 e. The van der Waals surface area contributed by atoms with Crippen LogP contribution >= 0.6 is 22.9 Å². The maximum absolute atomic E-state index is 12.5. The number of ether oxygens (including phenoxy) is 1. The van der Waals surface area contributed by atoms with Crippen molar-refractivity contribution in [2.75, 3.05) is 7.11 Å². The number of hydrazone groups is 1. The molecule has 0 saturated heterocycles. The Balaban J connectivity index is 1.61. The lowest BCUT2D eigenvalue weighted by Gasteiger charge is -2.04. The lowest BCUT2D eigenvalue weighted by Crippen LogP contribution is -2.16. The van der Waals surface area contributed by atoms with Gasteiger partial charge in [-0.3, -0.25) is 4.79 Å². The Morgan fingerprint density at radius 2 is 2.00 bits per heavy atom. The normalized spacial score (nSPS) is 11.4. The number of amides is 1. The monoisotopic (exact) mass is 410 g/mol. The van der Waals surface area contributed by atoms with Crippen molar-refractivity contribution in [1.82, 2.24) is 5.43 Å². The zero-order valence-electron chi connectivity index (χ0n) is 14.8. The Kier molecular flexibility index (Phi) is 4.90. The molecule has 0 radical (unpaired) electrons. The number of benzene rings is 3. The molecule has 0 aliphatic heterocycles. The van der Waals surface area contributed by atoms with E-state index in [0.29, 0.717) is 21.2 Å². The van der Waals surface area contributed by atoms with Gasteiger partial charge in [0.1, 0.15) is 16.4 Å². The molecule has 3 aromatic carbocycles. The fraction of sp³-hybridized carbons (Fsp3) is 0.0476. The molecule has 0 aliphatic carbocycles. The lowest BCUT2D eigenvalue weighted by molar-refractivity contribution is 0.0959. The highest BCUT2D eigenvalue weighted by Crippen LogP contribution is 2.37. The highest BCUT2D eigenvalue weighted by molar-refractivity contribution is 7.21. The molecule has 1 aromatic heterocycles. The van der Waals surface area contributed by atoms with Gasteiger partial charge in [0, 0.05) is 15.6 Å². The third kappa shape index (κ3) is 3.28. The molecule has 7 heteroatoms. The van der Waals surface area contributed by atoms with Gasteiger partial charge in [0.05, 0.1) is 18.3 Å². The van der Waals surface area contributed by atoms with Gasteiger partial charge in [0.2, 0.25) is 0 Å². The average molecular weight is 411 g/mol. The summed E-state index contributed by atoms with van der Waals surface area (Å²) >= 11 is 7.63. The van der Waals surface area contributed by atoms with Gasteiger partial charge >= 0.3 is 0 Å². The molecule has 0 fully saturated rings. The molecule has 28 heavy (non-hydrogen) atoms. The summed E-state index contributed by atoms with van der Waals surface area (Å²) in [6.07, 6.45) is 1.43. The van der Waals surface area contributed by atoms with Gasteiger partial charge in [-0.15, -0.1) is 11.3 Å². The fourth-order valence-corrected chi connectivity index (χ4v) is 4.38. The number of methoxy groups -OCH3 is 1. The molecule has 0 unspecified atom stereocenters. The van der Waals surface area contributed by atoms with Gasteiger partial charge < -0.3 is 9.84 Å². The van der Waals surface area contributed by atoms with Crippen LogP contribution in [-0.4, -0.2) is 24.3 Å². The van der Waals surface area contributed by atoms with E-state index in [1.165, 1.54) is 17.6 Å². The topological polar surface area (TPSA) is 70.9 Å². The highest BCUT2D eigenvalue weighted by atomic mass is 35.5. The predicted molar refractivity (Wildman–Crippen MR) is 114 cm³/mol. The first kappa shape index (κ1) is 18.3. The summed E-state index contributed by atoms with van der Waals surface area (Å²) < 4.78 is 6.06. The number of nitrogens with one attached hydrogen (secondary N) is 1. The number of phenolic OH excluding ortho intramolecular Hbond substituents is 1. The Morgan fingerprint density at radius 1 is 1.18 bits per heavy atom. The Morgan fingerprint density at radius 3 is 2.82 bits per heavy atom. The minimum absolute atomic E-state index is 0.0867. The fourth-order valence-electron chi connectivity index (χ4n) is 2.94. The molecule has 4 aromatic rings. The van der Waals surface area contributed by atoms with Gasteiger partial charge in [-0.1, -0.05) is 41.9 Å². The highest BCUT2D eigenvalue weighted by Gasteiger charge is 2.17. The SMILES string of the molecule is COc1ccc2c(Cl)c(C(=O)NN=Cc3c(O)ccc4ccccc34)sc2c1. The van der Waals surface area contributed by atoms with Gasteiger partial charge in [-0.2, -0.15) is 5.10 Å². The first-order chi connectivity index (χ1) is 13.6. The van der Waals surface area contributed by atoms with Crippen LogP contribution in [0.5, 0.6) is 11.5 Å². The molecule has 0 aliphatic rings. The maximum Gasteiger partial charge on any atom is 0.283 e. The third-order valence-electron chi connectivity index (χ3n) is 4.35. The number of carbonyl (C=O) groups excluding carboxylic acids is 1. The van der Waals surface area contributed by atoms with Gasteiger partial charge in [-0.05, 0) is 35.0 Å². The van der Waals surface area contributed by atoms with E-state index in [9.17, 15) is 9.90 Å². The summed E-state index contributed by atoms with van der Waals surface area (Å²) in [4.78, 5) is 12.9. The summed E-state index contributed by atoms with van der Waals surface area (Å²) in [5, 5.41) is 17.1. The van der Waals surface area contributed by atoms with Gasteiger partial charge in [0.25, 0.3) is 5.91 Å². The van der Waals surface area contributed by atoms with Crippen LogP contribution in [0.15, 0.2) is 59.7 Å². The number of carbonyl (C=O) groups is 1. The van der Waals surface area contributed by atoms with E-state index in [1.54, 1.807) is 19.2 Å². The second kappa shape index (κ2) is 7.50. The molecule has 140 valence electrons. The van der Waals surface area contributed by atoms with E-state index < -0.39 is 5.91 Å². The van der Waals surface area contributed by atoms with Crippen LogP contribution in [0.2, 0.25) is 5.02 Å². The first-order valence-corrected chi connectivity index (χ1v) is 9.58. The van der Waals surface area contributed by atoms with Crippen molar-refractivity contribution in [2.24, 2.45) is 5.10 Å². The van der Waals surface area contributed by atoms with Crippen LogP contribution in [0, 0.1) is 0 Å². The summed E-state index contributed by atoms with van der Waals surface area (Å²) in [5.74, 6) is 0.367. The van der Waals surface area contributed by atoms with Crippen molar-refractivity contribution in [3.8, 4) is 11.5 Å². The quantitative estimate of drug-likeness (QED) is 0.359. The molecule has 4 rings (SSSR count). The number of nitrogens with zero attached hydrogens (tertiary/aromatic N) is 1. The van der Waals surface area contributed by atoms with E-state index in [0.717, 1.165) is 20.9 Å². The zero-order valence-corrected chi connectivity index (χ0v) is 16.3. The van der Waals surface area contributed by atoms with Crippen LogP contribution in [0.25, 0.3) is 20.9 Å². The number of hydrogen-bond acceptors (Lipinski definition) is 5. The molecule has 1 heterocycles. The zero-order chi connectivity index (χ0) is 19.7. The van der Waals surface area contributed by atoms with Crippen LogP contribution < -0.4 is 10.2 Å². The Bertz CT molecular complexity index is 1230. The van der Waals surface area contributed by atoms with Crippen molar-refractivity contribution >= 4 is 55.9 Å². The van der Waals surface area contributed by atoms with Gasteiger partial charge in [0.15, 0.2) is 0 Å². The van der Waals surface area contributed by atoms with E-state index >= 15 is 0 Å². The second-order valence-corrected chi connectivity index (χ2v) is 7.46. The molecule has 0 bridgehead atoms. The third-order valence-corrected chi connectivity index (χ3v) is 6.01. The van der Waals surface area contributed by atoms with Crippen molar-refractivity contribution in [3.63, 3.8) is 0 Å². The molecule has 1 amide bonds. The minimum Gasteiger partial charge on any atom is -0.507 e. The van der Waals surface area contributed by atoms with E-state index in [1.807, 2.05) is 42.5 Å². The van der Waals surface area contributed by atoms with Gasteiger partial charge in [-0.25, -0.2) is 5.43 Å². The molecule has 0 saturated carbocycles. The number of hydrogen-bond donors (Lipinski definition) is 2. The van der Waals surface area contributed by atoms with E-state index in [-0.39, 0.29) is 5.75 Å². The van der Waals surface area contributed by atoms with E-state index in [2.05, 4.69) is 10.5 Å². The molecule has 2 N–H and O–H groups in total. The minimum atomic E-state index is -0.416. The molecular formula is C21H15ClN2O3S. The molecule has 0 spiro atoms. The van der Waals surface area contributed by atoms with E-state index in [4.69, 9.17) is 16.3 Å². The maximum atomic E-state index is 12.5. The van der Waals surface area contributed by atoms with Crippen molar-refractivity contribution in [2.45, 2.75) is 0 Å². The number of halogens is 1. The predicted octanol–water partition coefficient (Wildman–Crippen LogP) is 5.19. The number of thiophene rings is 1. The van der Waals surface area contributed by atoms with Crippen LogP contribution in [0.4, 0.5) is 0 Å². The van der Waals surface area contributed by atoms with Crippen LogP contribution in [-0.2, 0) is 0 Å². The Hall–Kier alpha value is -3.09. The largest absolute Gasteiger partial charge is 0.507 e. The molecule has 5 nitrogen and oxygen atoms in total. The standard InChI is InChI=1S/C21H15ClN2O3S/c1-27-13-7-8-15-18(10-13)28-20(19(15)22)21(26)24-23-11-16-14-5-3-2-4-12(14)6-9-17(16)25/h2-11,25H,1H3,(H,24,26). The Labute approximate surface area is 169 Å². The summed E-state index contributed by atoms with van der Waals surface area (Å²) in [6, 6.07) is 16.5. The second-order valence-electron chi connectivity index (χ2n) is 6.03. The van der Waals surface area contributed by atoms with Crippen molar-refractivity contribution in [1.29, 1.82) is 0 Å². The number of rotatable bonds is 4. The summed E-state index contributed by atoms with van der Waals surface area (Å²) in [7, 11) is 1.58.